The van der Waals surface area contributed by atoms with E-state index >= 15 is 0 Å². The van der Waals surface area contributed by atoms with Crippen molar-refractivity contribution < 1.29 is 9.53 Å². The molecule has 0 bridgehead atoms. The number of carbonyl (C=O) groups is 1. The SMILES string of the molecule is CC(=O)N1CCC(NC2CCOCC2)=C(C(=N)c2cccc3c(C#N)c(-c4cnn(C)c4)ncc23)C1. The molecule has 1 saturated heterocycles. The molecule has 4 heterocycles. The van der Waals surface area contributed by atoms with Crippen molar-refractivity contribution >= 4 is 22.4 Å². The predicted octanol–water partition coefficient (Wildman–Crippen LogP) is 3.15. The fourth-order valence-corrected chi connectivity index (χ4v) is 5.01. The summed E-state index contributed by atoms with van der Waals surface area (Å²) in [7, 11) is 1.82. The Labute approximate surface area is 209 Å². The normalized spacial score (nSPS) is 16.8. The van der Waals surface area contributed by atoms with Gasteiger partial charge in [0.15, 0.2) is 0 Å². The van der Waals surface area contributed by atoms with Crippen LogP contribution >= 0.6 is 0 Å². The Morgan fingerprint density at radius 3 is 2.75 bits per heavy atom. The van der Waals surface area contributed by atoms with Gasteiger partial charge in [-0.05, 0) is 12.8 Å². The van der Waals surface area contributed by atoms with E-state index in [1.54, 1.807) is 28.9 Å². The number of fused-ring (bicyclic) bond motifs is 1. The third-order valence-electron chi connectivity index (χ3n) is 6.99. The van der Waals surface area contributed by atoms with Crippen molar-refractivity contribution in [2.45, 2.75) is 32.2 Å². The van der Waals surface area contributed by atoms with Crippen LogP contribution in [-0.4, -0.2) is 63.6 Å². The fraction of sp³-hybridized carbons (Fsp3) is 0.370. The van der Waals surface area contributed by atoms with Crippen LogP contribution in [0.25, 0.3) is 22.0 Å². The molecular formula is C27H29N7O2. The fourth-order valence-electron chi connectivity index (χ4n) is 5.01. The van der Waals surface area contributed by atoms with Gasteiger partial charge in [-0.25, -0.2) is 0 Å². The summed E-state index contributed by atoms with van der Waals surface area (Å²) in [6.45, 7) is 4.02. The smallest absolute Gasteiger partial charge is 0.219 e. The number of aromatic nitrogens is 3. The highest BCUT2D eigenvalue weighted by molar-refractivity contribution is 6.19. The van der Waals surface area contributed by atoms with E-state index in [0.717, 1.165) is 53.7 Å². The number of carbonyl (C=O) groups excluding carboxylic acids is 1. The Kier molecular flexibility index (Phi) is 6.53. The van der Waals surface area contributed by atoms with E-state index in [9.17, 15) is 15.5 Å². The van der Waals surface area contributed by atoms with Crippen LogP contribution in [0.5, 0.6) is 0 Å². The number of nitriles is 1. The van der Waals surface area contributed by atoms with Crippen molar-refractivity contribution in [1.82, 2.24) is 25.0 Å². The van der Waals surface area contributed by atoms with Crippen LogP contribution < -0.4 is 5.32 Å². The maximum Gasteiger partial charge on any atom is 0.219 e. The summed E-state index contributed by atoms with van der Waals surface area (Å²) in [5.74, 6) is -0.00196. The highest BCUT2D eigenvalue weighted by atomic mass is 16.5. The highest BCUT2D eigenvalue weighted by Gasteiger charge is 2.27. The average molecular weight is 484 g/mol. The number of aryl methyl sites for hydroxylation is 1. The summed E-state index contributed by atoms with van der Waals surface area (Å²) in [6.07, 6.45) is 7.77. The minimum absolute atomic E-state index is 0.00196. The topological polar surface area (TPSA) is 120 Å². The zero-order chi connectivity index (χ0) is 25.2. The Balaban J connectivity index is 1.58. The van der Waals surface area contributed by atoms with Gasteiger partial charge in [0.2, 0.25) is 5.91 Å². The van der Waals surface area contributed by atoms with Gasteiger partial charge in [0.1, 0.15) is 6.07 Å². The van der Waals surface area contributed by atoms with Crippen LogP contribution in [0, 0.1) is 16.7 Å². The summed E-state index contributed by atoms with van der Waals surface area (Å²) in [6, 6.07) is 8.27. The lowest BCUT2D eigenvalue weighted by Gasteiger charge is -2.34. The van der Waals surface area contributed by atoms with Crippen molar-refractivity contribution in [1.29, 1.82) is 10.7 Å². The monoisotopic (exact) mass is 483 g/mol. The first-order valence-electron chi connectivity index (χ1n) is 12.2. The van der Waals surface area contributed by atoms with Crippen LogP contribution in [0.2, 0.25) is 0 Å². The molecule has 0 spiro atoms. The van der Waals surface area contributed by atoms with E-state index in [1.807, 2.05) is 31.4 Å². The quantitative estimate of drug-likeness (QED) is 0.538. The van der Waals surface area contributed by atoms with Crippen molar-refractivity contribution in [3.63, 3.8) is 0 Å². The molecule has 1 amide bonds. The van der Waals surface area contributed by atoms with E-state index in [-0.39, 0.29) is 5.91 Å². The zero-order valence-electron chi connectivity index (χ0n) is 20.5. The van der Waals surface area contributed by atoms with E-state index in [0.29, 0.717) is 48.1 Å². The van der Waals surface area contributed by atoms with Crippen LogP contribution in [0.15, 0.2) is 48.1 Å². The number of rotatable bonds is 5. The highest BCUT2D eigenvalue weighted by Crippen LogP contribution is 2.31. The first kappa shape index (κ1) is 23.7. The van der Waals surface area contributed by atoms with Gasteiger partial charge >= 0.3 is 0 Å². The molecule has 3 aromatic rings. The number of nitrogens with zero attached hydrogens (tertiary/aromatic N) is 5. The number of nitrogens with one attached hydrogen (secondary N) is 2. The van der Waals surface area contributed by atoms with Crippen molar-refractivity contribution in [2.24, 2.45) is 7.05 Å². The van der Waals surface area contributed by atoms with E-state index in [1.165, 1.54) is 0 Å². The Morgan fingerprint density at radius 2 is 2.06 bits per heavy atom. The van der Waals surface area contributed by atoms with Gasteiger partial charge in [0, 0.05) is 98.3 Å². The summed E-state index contributed by atoms with van der Waals surface area (Å²) in [5, 5.41) is 28.6. The largest absolute Gasteiger partial charge is 0.385 e. The lowest BCUT2D eigenvalue weighted by molar-refractivity contribution is -0.128. The van der Waals surface area contributed by atoms with E-state index < -0.39 is 0 Å². The second-order valence-corrected chi connectivity index (χ2v) is 9.32. The number of pyridine rings is 1. The van der Waals surface area contributed by atoms with Gasteiger partial charge in [-0.3, -0.25) is 19.9 Å². The lowest BCUT2D eigenvalue weighted by atomic mass is 9.91. The maximum absolute atomic E-state index is 12.2. The van der Waals surface area contributed by atoms with Gasteiger partial charge in [0.05, 0.1) is 23.2 Å². The van der Waals surface area contributed by atoms with Gasteiger partial charge in [-0.15, -0.1) is 0 Å². The molecule has 5 rings (SSSR count). The number of hydrogen-bond donors (Lipinski definition) is 2. The first-order chi connectivity index (χ1) is 17.5. The van der Waals surface area contributed by atoms with Crippen LogP contribution in [-0.2, 0) is 16.6 Å². The number of benzene rings is 1. The van der Waals surface area contributed by atoms with Crippen molar-refractivity contribution in [3.8, 4) is 17.3 Å². The number of ether oxygens (including phenoxy) is 1. The molecule has 36 heavy (non-hydrogen) atoms. The zero-order valence-corrected chi connectivity index (χ0v) is 20.5. The van der Waals surface area contributed by atoms with Crippen LogP contribution in [0.1, 0.15) is 37.3 Å². The lowest BCUT2D eigenvalue weighted by Crippen LogP contribution is -2.43. The number of hydrogen-bond acceptors (Lipinski definition) is 7. The molecule has 2 aromatic heterocycles. The molecule has 184 valence electrons. The molecule has 1 fully saturated rings. The molecule has 2 aliphatic heterocycles. The Bertz CT molecular complexity index is 1410. The molecule has 0 aliphatic carbocycles. The third kappa shape index (κ3) is 4.48. The van der Waals surface area contributed by atoms with Crippen molar-refractivity contribution in [2.75, 3.05) is 26.3 Å². The van der Waals surface area contributed by atoms with Gasteiger partial charge < -0.3 is 15.0 Å². The molecule has 9 heteroatoms. The third-order valence-corrected chi connectivity index (χ3v) is 6.99. The molecular weight excluding hydrogens is 454 g/mol. The molecule has 0 saturated carbocycles. The van der Waals surface area contributed by atoms with Gasteiger partial charge in [-0.1, -0.05) is 18.2 Å². The van der Waals surface area contributed by atoms with Gasteiger partial charge in [0.25, 0.3) is 0 Å². The average Bonchev–Trinajstić information content (AvgIpc) is 3.33. The molecule has 0 unspecified atom stereocenters. The Morgan fingerprint density at radius 1 is 1.25 bits per heavy atom. The summed E-state index contributed by atoms with van der Waals surface area (Å²) in [4.78, 5) is 18.6. The minimum atomic E-state index is -0.00196. The minimum Gasteiger partial charge on any atom is -0.385 e. The second kappa shape index (κ2) is 9.91. The standard InChI is InChI=1S/C27H29N7O2/c1-17(35)34-9-6-25(32-19-7-10-36-11-8-19)24(16-34)26(29)21-5-3-4-20-22(12-28)27(30-14-23(20)21)18-13-31-33(2)15-18/h3-5,13-15,19,29,32H,6-11,16H2,1-2H3. The van der Waals surface area contributed by atoms with E-state index in [2.05, 4.69) is 21.5 Å². The van der Waals surface area contributed by atoms with Crippen molar-refractivity contribution in [3.05, 3.63) is 59.2 Å². The van der Waals surface area contributed by atoms with E-state index in [4.69, 9.17) is 4.74 Å². The second-order valence-electron chi connectivity index (χ2n) is 9.32. The molecule has 2 N–H and O–H groups in total. The Hall–Kier alpha value is -4.03. The van der Waals surface area contributed by atoms with Gasteiger partial charge in [-0.2, -0.15) is 10.4 Å². The predicted molar refractivity (Wildman–Crippen MR) is 136 cm³/mol. The first-order valence-corrected chi connectivity index (χ1v) is 12.2. The molecule has 1 aromatic carbocycles. The van der Waals surface area contributed by atoms with Crippen LogP contribution in [0.3, 0.4) is 0 Å². The molecule has 9 nitrogen and oxygen atoms in total. The maximum atomic E-state index is 12.2. The summed E-state index contributed by atoms with van der Waals surface area (Å²) >= 11 is 0. The summed E-state index contributed by atoms with van der Waals surface area (Å²) in [5.41, 5.74) is 4.67. The molecule has 0 radical (unpaired) electrons. The molecule has 2 aliphatic rings. The summed E-state index contributed by atoms with van der Waals surface area (Å²) < 4.78 is 7.18. The molecule has 0 atom stereocenters. The van der Waals surface area contributed by atoms with Crippen LogP contribution in [0.4, 0.5) is 0 Å². The number of amides is 1.